The van der Waals surface area contributed by atoms with Crippen molar-refractivity contribution in [2.45, 2.75) is 118 Å². The Kier molecular flexibility index (Phi) is 517. The molecule has 0 unspecified atom stereocenters. The smallest absolute Gasteiger partial charge is 0 e. The Balaban J connectivity index is -0.00000000847. The minimum atomic E-state index is 0. The van der Waals surface area contributed by atoms with E-state index < -0.39 is 0 Å². The van der Waals surface area contributed by atoms with Gasteiger partial charge in [0.05, 0.1) is 0 Å². The van der Waals surface area contributed by atoms with Crippen LogP contribution in [0.25, 0.3) is 0 Å². The van der Waals surface area contributed by atoms with Gasteiger partial charge in [-0.2, -0.15) is 0 Å². The van der Waals surface area contributed by atoms with Crippen molar-refractivity contribution < 1.29 is 6.13 Å². The third-order valence-electron chi connectivity index (χ3n) is 0. The molecule has 0 aliphatic carbocycles. The Labute approximate surface area is 137 Å². The predicted octanol–water partition coefficient (Wildman–Crippen LogP) is 9.49. The van der Waals surface area contributed by atoms with E-state index in [1.807, 2.05) is 69.2 Å². The lowest BCUT2D eigenvalue weighted by Crippen LogP contribution is -1.66. The Morgan fingerprint density at radius 3 is 0.400 bits per heavy atom. The normalized spacial score (nSPS) is 5.10. The quantitative estimate of drug-likeness (QED) is 0.418. The molecule has 0 aromatic carbocycles. The maximum Gasteiger partial charge on any atom is 0 e. The summed E-state index contributed by atoms with van der Waals surface area (Å²) in [7, 11) is 0. The molecule has 0 bridgehead atoms. The van der Waals surface area contributed by atoms with Crippen LogP contribution in [0.5, 0.6) is 0 Å². The monoisotopic (exact) mass is 305 g/mol. The van der Waals surface area contributed by atoms with Crippen LogP contribution in [0.2, 0.25) is 0 Å². The van der Waals surface area contributed by atoms with Gasteiger partial charge in [0.25, 0.3) is 0 Å². The van der Waals surface area contributed by atoms with E-state index in [2.05, 4.69) is 41.5 Å². The molecular weight excluding hydrogens is 247 g/mol. The van der Waals surface area contributed by atoms with Crippen LogP contribution >= 0.6 is 0 Å². The fourth-order valence-electron chi connectivity index (χ4n) is 0. The molecule has 140 valence electrons. The second-order valence-corrected chi connectivity index (χ2v) is 3.46. The van der Waals surface area contributed by atoms with Crippen molar-refractivity contribution in [3.63, 3.8) is 0 Å². The molecule has 0 nitrogen and oxygen atoms in total. The third-order valence-corrected chi connectivity index (χ3v) is 0. The molecule has 0 rings (SSSR count). The Morgan fingerprint density at radius 2 is 0.400 bits per heavy atom. The van der Waals surface area contributed by atoms with Crippen LogP contribution in [0.1, 0.15) is 120 Å². The van der Waals surface area contributed by atoms with E-state index in [4.69, 9.17) is 0 Å². The van der Waals surface area contributed by atoms with Gasteiger partial charge in [-0.25, -0.2) is 0 Å². The number of halogens is 1. The molecule has 0 radical (unpaired) electrons. The highest BCUT2D eigenvalue weighted by Gasteiger charge is 1.68. The van der Waals surface area contributed by atoms with Crippen molar-refractivity contribution in [1.29, 1.82) is 0 Å². The van der Waals surface area contributed by atoms with Crippen molar-refractivity contribution in [2.24, 2.45) is 11.8 Å². The van der Waals surface area contributed by atoms with Crippen molar-refractivity contribution in [3.8, 4) is 0 Å². The zero-order valence-electron chi connectivity index (χ0n) is 17.6. The van der Waals surface area contributed by atoms with Gasteiger partial charge in [-0.05, 0) is 11.8 Å². The maximum atomic E-state index is 2.17. The number of hydrogen-bond donors (Lipinski definition) is 0. The Morgan fingerprint density at radius 1 is 0.400 bits per heavy atom. The van der Waals surface area contributed by atoms with Gasteiger partial charge in [-0.3, -0.25) is 4.70 Å². The van der Waals surface area contributed by atoms with Gasteiger partial charge in [-0.1, -0.05) is 118 Å². The highest BCUT2D eigenvalue weighted by molar-refractivity contribution is 4.21. The zero-order chi connectivity index (χ0) is 17.2. The molecule has 0 aliphatic rings. The fraction of sp³-hybridized carbons (Fsp3) is 1.00. The van der Waals surface area contributed by atoms with Gasteiger partial charge >= 0.3 is 0 Å². The van der Waals surface area contributed by atoms with Gasteiger partial charge in [0.15, 0.2) is 0 Å². The van der Waals surface area contributed by atoms with Crippen LogP contribution in [0, 0.1) is 11.8 Å². The second kappa shape index (κ2) is 173. The summed E-state index contributed by atoms with van der Waals surface area (Å²) < 4.78 is 0. The average molecular weight is 306 g/mol. The lowest BCUT2D eigenvalue weighted by Gasteiger charge is -1.79. The van der Waals surface area contributed by atoms with Crippen molar-refractivity contribution >= 4 is 0 Å². The van der Waals surface area contributed by atoms with E-state index in [-0.39, 0.29) is 13.6 Å². The van der Waals surface area contributed by atoms with Crippen LogP contribution < -0.4 is 0 Å². The second-order valence-electron chi connectivity index (χ2n) is 3.46. The fourth-order valence-corrected chi connectivity index (χ4v) is 0. The first-order valence-corrected chi connectivity index (χ1v) is 8.46. The summed E-state index contributed by atoms with van der Waals surface area (Å²) in [5, 5.41) is 0. The maximum absolute atomic E-state index is 2.17. The molecule has 0 saturated carbocycles. The topological polar surface area (TPSA) is 0 Å². The average Bonchev–Trinajstić information content (AvgIpc) is 2.39. The molecule has 0 aliphatic heterocycles. The van der Waals surface area contributed by atoms with Gasteiger partial charge in [0.1, 0.15) is 0 Å². The summed E-state index contributed by atoms with van der Waals surface area (Å²) in [6.07, 6.45) is 0. The highest BCUT2D eigenvalue weighted by Crippen LogP contribution is 1.81. The Bertz CT molecular complexity index is 27.0. The van der Waals surface area contributed by atoms with Gasteiger partial charge in [-0.15, -0.1) is 0 Å². The highest BCUT2D eigenvalue weighted by atomic mass is 19.0. The zero-order valence-corrected chi connectivity index (χ0v) is 17.6. The molecule has 0 fully saturated rings. The van der Waals surface area contributed by atoms with Crippen LogP contribution in [-0.2, 0) is 0 Å². The summed E-state index contributed by atoms with van der Waals surface area (Å²) in [6, 6.07) is 0. The molecule has 0 atom stereocenters. The van der Waals surface area contributed by atoms with Crippen LogP contribution in [0.3, 0.4) is 0 Å². The van der Waals surface area contributed by atoms with Gasteiger partial charge in [0, 0.05) is 1.43 Å². The van der Waals surface area contributed by atoms with Crippen LogP contribution in [-0.4, -0.2) is 0 Å². The van der Waals surface area contributed by atoms with Gasteiger partial charge < -0.3 is 0 Å². The molecule has 20 heavy (non-hydrogen) atoms. The summed E-state index contributed by atoms with van der Waals surface area (Å²) in [5.74, 6) is 1.67. The van der Waals surface area contributed by atoms with Crippen molar-refractivity contribution in [3.05, 3.63) is 0 Å². The lowest BCUT2D eigenvalue weighted by molar-refractivity contribution is 0.736. The van der Waals surface area contributed by atoms with E-state index in [1.165, 1.54) is 0 Å². The molecule has 0 saturated heterocycles. The summed E-state index contributed by atoms with van der Waals surface area (Å²) in [5.41, 5.74) is 0. The summed E-state index contributed by atoms with van der Waals surface area (Å²) in [6.45, 7) is 33.0. The first-order valence-electron chi connectivity index (χ1n) is 8.46. The molecule has 0 heterocycles. The number of rotatable bonds is 0. The first-order chi connectivity index (χ1) is 8.46. The van der Waals surface area contributed by atoms with Crippen molar-refractivity contribution in [2.75, 3.05) is 0 Å². The lowest BCUT2D eigenvalue weighted by atomic mass is 10.3. The van der Waals surface area contributed by atoms with Crippen molar-refractivity contribution in [1.82, 2.24) is 0 Å². The molecule has 0 N–H and O–H groups in total. The van der Waals surface area contributed by atoms with E-state index in [0.717, 1.165) is 11.8 Å². The van der Waals surface area contributed by atoms with Crippen LogP contribution in [0.4, 0.5) is 4.70 Å². The van der Waals surface area contributed by atoms with Gasteiger partial charge in [0.2, 0.25) is 0 Å². The molecule has 0 spiro atoms. The molecule has 0 amide bonds. The Hall–Kier alpha value is -0.0700. The van der Waals surface area contributed by atoms with Crippen LogP contribution in [0.15, 0.2) is 0 Å². The molecule has 1 heteroatoms. The molecule has 0 aromatic heterocycles. The van der Waals surface area contributed by atoms with E-state index in [9.17, 15) is 0 Å². The van der Waals surface area contributed by atoms with E-state index in [1.54, 1.807) is 0 Å². The minimum Gasteiger partial charge on any atom is -0.269 e. The predicted molar refractivity (Wildman–Crippen MR) is 109 cm³/mol. The first kappa shape index (κ1) is 59.8. The standard InChI is InChI=1S/2C4H10.5C2H6.CH4.FH.H2/c2*1-4(2)3;5*1-2;;;/h2*4H,1-3H3;5*1-2H3;1H4;2*1H/i;;;;;;;;;1+1. The summed E-state index contributed by atoms with van der Waals surface area (Å²) in [4.78, 5) is 0. The molecular formula is C19H57F. The van der Waals surface area contributed by atoms with E-state index >= 15 is 0 Å². The summed E-state index contributed by atoms with van der Waals surface area (Å²) >= 11 is 0. The largest absolute Gasteiger partial charge is 0.269 e. The molecule has 0 aromatic rings. The number of hydrogen-bond acceptors (Lipinski definition) is 0. The minimum absolute atomic E-state index is 0. The SMILES string of the molecule is C.CC.CC.CC.CC.CC.CC(C)C.CC(C)C.F.[2HH]. The van der Waals surface area contributed by atoms with E-state index in [0.29, 0.717) is 0 Å². The third kappa shape index (κ3) is 1050000.